The minimum atomic E-state index is 0.507. The number of nitrogen functional groups attached to an aromatic ring is 2. The van der Waals surface area contributed by atoms with E-state index < -0.39 is 0 Å². The van der Waals surface area contributed by atoms with Gasteiger partial charge in [0.2, 0.25) is 0 Å². The molecule has 2 rings (SSSR count). The van der Waals surface area contributed by atoms with Crippen LogP contribution in [0.2, 0.25) is 0 Å². The second-order valence-electron chi connectivity index (χ2n) is 4.59. The van der Waals surface area contributed by atoms with Crippen molar-refractivity contribution in [1.82, 2.24) is 0 Å². The average Bonchev–Trinajstić information content (AvgIpc) is 2.44. The van der Waals surface area contributed by atoms with Gasteiger partial charge in [-0.1, -0.05) is 13.3 Å². The van der Waals surface area contributed by atoms with Gasteiger partial charge in [-0.3, -0.25) is 0 Å². The van der Waals surface area contributed by atoms with E-state index in [9.17, 15) is 0 Å². The first kappa shape index (κ1) is 15.1. The molecule has 0 radical (unpaired) electrons. The lowest BCUT2D eigenvalue weighted by Gasteiger charge is -2.15. The van der Waals surface area contributed by atoms with Crippen LogP contribution in [-0.2, 0) is 0 Å². The Morgan fingerprint density at radius 3 is 1.55 bits per heavy atom. The van der Waals surface area contributed by atoms with E-state index in [1.807, 2.05) is 47.8 Å². The molecule has 0 unspecified atom stereocenters. The highest BCUT2D eigenvalue weighted by molar-refractivity contribution is 8.17. The molecule has 20 heavy (non-hydrogen) atoms. The van der Waals surface area contributed by atoms with Crippen molar-refractivity contribution in [2.24, 2.45) is 0 Å². The van der Waals surface area contributed by atoms with Crippen molar-refractivity contribution >= 4 is 34.9 Å². The van der Waals surface area contributed by atoms with Crippen molar-refractivity contribution in [3.8, 4) is 0 Å². The summed E-state index contributed by atoms with van der Waals surface area (Å²) in [6, 6.07) is 16.2. The molecule has 0 aromatic heterocycles. The molecule has 0 fully saturated rings. The van der Waals surface area contributed by atoms with Gasteiger partial charge in [0.1, 0.15) is 0 Å². The third-order valence-corrected chi connectivity index (χ3v) is 5.48. The summed E-state index contributed by atoms with van der Waals surface area (Å²) in [6.45, 7) is 2.22. The minimum absolute atomic E-state index is 0.507. The van der Waals surface area contributed by atoms with Gasteiger partial charge >= 0.3 is 0 Å². The van der Waals surface area contributed by atoms with Crippen LogP contribution < -0.4 is 11.5 Å². The number of benzene rings is 2. The molecule has 0 saturated carbocycles. The first-order chi connectivity index (χ1) is 9.67. The van der Waals surface area contributed by atoms with Gasteiger partial charge in [0.25, 0.3) is 0 Å². The van der Waals surface area contributed by atoms with E-state index in [0.29, 0.717) is 4.58 Å². The molecule has 2 aromatic rings. The van der Waals surface area contributed by atoms with Gasteiger partial charge in [0.05, 0.1) is 4.58 Å². The van der Waals surface area contributed by atoms with Gasteiger partial charge < -0.3 is 11.5 Å². The molecular weight excluding hydrogens is 284 g/mol. The summed E-state index contributed by atoms with van der Waals surface area (Å²) in [5.41, 5.74) is 13.1. The van der Waals surface area contributed by atoms with Crippen molar-refractivity contribution in [3.05, 3.63) is 48.5 Å². The Labute approximate surface area is 129 Å². The summed E-state index contributed by atoms with van der Waals surface area (Å²) in [6.07, 6.45) is 2.35. The number of hydrogen-bond donors (Lipinski definition) is 2. The standard InChI is InChI=1S/C16H20N2S2/c1-2-3-16(19-14-8-4-12(17)5-9-14)20-15-10-6-13(18)7-11-15/h4-11,16H,2-3,17-18H2,1H3. The zero-order valence-electron chi connectivity index (χ0n) is 11.6. The van der Waals surface area contributed by atoms with E-state index in [-0.39, 0.29) is 0 Å². The lowest BCUT2D eigenvalue weighted by atomic mass is 10.3. The second kappa shape index (κ2) is 7.50. The van der Waals surface area contributed by atoms with Crippen molar-refractivity contribution in [2.45, 2.75) is 34.1 Å². The fraction of sp³-hybridized carbons (Fsp3) is 0.250. The Kier molecular flexibility index (Phi) is 5.68. The number of anilines is 2. The molecule has 0 aliphatic heterocycles. The van der Waals surface area contributed by atoms with Gasteiger partial charge in [0.15, 0.2) is 0 Å². The van der Waals surface area contributed by atoms with E-state index in [0.717, 1.165) is 11.4 Å². The number of nitrogens with two attached hydrogens (primary N) is 2. The van der Waals surface area contributed by atoms with Crippen molar-refractivity contribution in [3.63, 3.8) is 0 Å². The van der Waals surface area contributed by atoms with Crippen LogP contribution >= 0.6 is 23.5 Å². The Hall–Kier alpha value is -1.26. The zero-order valence-corrected chi connectivity index (χ0v) is 13.2. The number of rotatable bonds is 6. The molecular formula is C16H20N2S2. The predicted molar refractivity (Wildman–Crippen MR) is 92.1 cm³/mol. The quantitative estimate of drug-likeness (QED) is 0.454. The molecule has 4 heteroatoms. The van der Waals surface area contributed by atoms with Gasteiger partial charge in [0, 0.05) is 21.2 Å². The zero-order chi connectivity index (χ0) is 14.4. The fourth-order valence-electron chi connectivity index (χ4n) is 1.77. The summed E-state index contributed by atoms with van der Waals surface area (Å²) in [5.74, 6) is 0. The maximum Gasteiger partial charge on any atom is 0.0596 e. The summed E-state index contributed by atoms with van der Waals surface area (Å²) in [5, 5.41) is 0. The molecule has 4 N–H and O–H groups in total. The molecule has 2 nitrogen and oxygen atoms in total. The lowest BCUT2D eigenvalue weighted by Crippen LogP contribution is -1.96. The highest BCUT2D eigenvalue weighted by Crippen LogP contribution is 2.38. The maximum atomic E-state index is 5.73. The summed E-state index contributed by atoms with van der Waals surface area (Å²) >= 11 is 3.79. The summed E-state index contributed by atoms with van der Waals surface area (Å²) < 4.78 is 0.507. The second-order valence-corrected chi connectivity index (χ2v) is 7.44. The fourth-order valence-corrected chi connectivity index (χ4v) is 4.53. The Morgan fingerprint density at radius 2 is 1.20 bits per heavy atom. The van der Waals surface area contributed by atoms with Gasteiger partial charge in [-0.05, 0) is 55.0 Å². The van der Waals surface area contributed by atoms with Crippen LogP contribution in [0.4, 0.5) is 11.4 Å². The van der Waals surface area contributed by atoms with E-state index in [1.165, 1.54) is 22.6 Å². The molecule has 0 atom stereocenters. The van der Waals surface area contributed by atoms with E-state index in [2.05, 4.69) is 31.2 Å². The molecule has 0 saturated heterocycles. The average molecular weight is 304 g/mol. The molecule has 0 amide bonds. The first-order valence-electron chi connectivity index (χ1n) is 6.72. The van der Waals surface area contributed by atoms with E-state index in [4.69, 9.17) is 11.5 Å². The highest BCUT2D eigenvalue weighted by atomic mass is 32.2. The van der Waals surface area contributed by atoms with Crippen LogP contribution in [0.15, 0.2) is 58.3 Å². The predicted octanol–water partition coefficient (Wildman–Crippen LogP) is 4.86. The summed E-state index contributed by atoms with van der Waals surface area (Å²) in [4.78, 5) is 2.53. The van der Waals surface area contributed by atoms with Crippen molar-refractivity contribution in [1.29, 1.82) is 0 Å². The monoisotopic (exact) mass is 304 g/mol. The van der Waals surface area contributed by atoms with Gasteiger partial charge in [-0.2, -0.15) is 0 Å². The van der Waals surface area contributed by atoms with Crippen LogP contribution in [0.3, 0.4) is 0 Å². The normalized spacial score (nSPS) is 10.9. The highest BCUT2D eigenvalue weighted by Gasteiger charge is 2.11. The van der Waals surface area contributed by atoms with Crippen molar-refractivity contribution in [2.75, 3.05) is 11.5 Å². The van der Waals surface area contributed by atoms with Gasteiger partial charge in [-0.15, -0.1) is 23.5 Å². The van der Waals surface area contributed by atoms with Crippen LogP contribution in [-0.4, -0.2) is 4.58 Å². The Morgan fingerprint density at radius 1 is 0.800 bits per heavy atom. The topological polar surface area (TPSA) is 52.0 Å². The van der Waals surface area contributed by atoms with Crippen LogP contribution in [0.5, 0.6) is 0 Å². The number of hydrogen-bond acceptors (Lipinski definition) is 4. The van der Waals surface area contributed by atoms with E-state index in [1.54, 1.807) is 0 Å². The molecule has 106 valence electrons. The molecule has 0 heterocycles. The lowest BCUT2D eigenvalue weighted by molar-refractivity contribution is 0.869. The molecule has 0 spiro atoms. The third-order valence-electron chi connectivity index (χ3n) is 2.82. The Bertz CT molecular complexity index is 476. The SMILES string of the molecule is CCCC(Sc1ccc(N)cc1)Sc1ccc(N)cc1. The maximum absolute atomic E-state index is 5.73. The van der Waals surface area contributed by atoms with Crippen molar-refractivity contribution < 1.29 is 0 Å². The van der Waals surface area contributed by atoms with Crippen LogP contribution in [0.1, 0.15) is 19.8 Å². The molecule has 0 aliphatic rings. The van der Waals surface area contributed by atoms with E-state index >= 15 is 0 Å². The molecule has 2 aromatic carbocycles. The largest absolute Gasteiger partial charge is 0.399 e. The summed E-state index contributed by atoms with van der Waals surface area (Å²) in [7, 11) is 0. The first-order valence-corrected chi connectivity index (χ1v) is 8.47. The third kappa shape index (κ3) is 4.69. The van der Waals surface area contributed by atoms with Crippen LogP contribution in [0, 0.1) is 0 Å². The minimum Gasteiger partial charge on any atom is -0.399 e. The van der Waals surface area contributed by atoms with Crippen LogP contribution in [0.25, 0.3) is 0 Å². The molecule has 0 bridgehead atoms. The van der Waals surface area contributed by atoms with Gasteiger partial charge in [-0.25, -0.2) is 0 Å². The number of thioether (sulfide) groups is 2. The molecule has 0 aliphatic carbocycles. The Balaban J connectivity index is 2.02. The smallest absolute Gasteiger partial charge is 0.0596 e.